The minimum absolute atomic E-state index is 0.206. The van der Waals surface area contributed by atoms with Crippen molar-refractivity contribution in [3.8, 4) is 0 Å². The van der Waals surface area contributed by atoms with E-state index in [4.69, 9.17) is 11.6 Å². The fourth-order valence-corrected chi connectivity index (χ4v) is 1.96. The number of carbonyl (C=O) groups excluding carboxylic acids is 2. The monoisotopic (exact) mass is 333 g/mol. The Kier molecular flexibility index (Phi) is 5.94. The number of pyridine rings is 1. The lowest BCUT2D eigenvalue weighted by atomic mass is 10.2. The van der Waals surface area contributed by atoms with E-state index in [1.165, 1.54) is 13.3 Å². The number of amides is 2. The Morgan fingerprint density at radius 1 is 1.13 bits per heavy atom. The van der Waals surface area contributed by atoms with Gasteiger partial charge in [-0.3, -0.25) is 4.98 Å². The molecule has 0 saturated carbocycles. The average molecular weight is 334 g/mol. The summed E-state index contributed by atoms with van der Waals surface area (Å²) in [6, 6.07) is 10.00. The lowest BCUT2D eigenvalue weighted by Crippen LogP contribution is -2.34. The van der Waals surface area contributed by atoms with Gasteiger partial charge in [-0.1, -0.05) is 23.7 Å². The summed E-state index contributed by atoms with van der Waals surface area (Å²) in [5.74, 6) is -0.444. The molecule has 1 aromatic carbocycles. The van der Waals surface area contributed by atoms with Crippen molar-refractivity contribution in [1.82, 2.24) is 15.6 Å². The number of benzene rings is 1. The van der Waals surface area contributed by atoms with Gasteiger partial charge in [0, 0.05) is 17.8 Å². The minimum atomic E-state index is -0.444. The minimum Gasteiger partial charge on any atom is -0.465 e. The van der Waals surface area contributed by atoms with Gasteiger partial charge in [-0.15, -0.1) is 0 Å². The largest absolute Gasteiger partial charge is 0.465 e. The molecule has 0 atom stereocenters. The van der Waals surface area contributed by atoms with Crippen molar-refractivity contribution in [2.24, 2.45) is 0 Å². The summed E-state index contributed by atoms with van der Waals surface area (Å²) in [5, 5.41) is 6.05. The van der Waals surface area contributed by atoms with Gasteiger partial charge >= 0.3 is 12.0 Å². The van der Waals surface area contributed by atoms with Crippen LogP contribution in [0.15, 0.2) is 42.6 Å². The van der Waals surface area contributed by atoms with Crippen molar-refractivity contribution in [2.45, 2.75) is 13.1 Å². The number of nitrogens with one attached hydrogen (secondary N) is 2. The topological polar surface area (TPSA) is 80.3 Å². The number of halogens is 1. The molecule has 2 amide bonds. The Bertz CT molecular complexity index is 689. The SMILES string of the molecule is COC(=O)c1ccnc(CNC(=O)NCc2ccc(Cl)cc2)c1. The maximum Gasteiger partial charge on any atom is 0.337 e. The predicted molar refractivity (Wildman–Crippen MR) is 86.1 cm³/mol. The van der Waals surface area contributed by atoms with E-state index in [2.05, 4.69) is 20.4 Å². The molecule has 0 aliphatic rings. The number of rotatable bonds is 5. The van der Waals surface area contributed by atoms with Gasteiger partial charge in [0.1, 0.15) is 0 Å². The Hall–Kier alpha value is -2.60. The zero-order valence-corrected chi connectivity index (χ0v) is 13.3. The fourth-order valence-electron chi connectivity index (χ4n) is 1.84. The van der Waals surface area contributed by atoms with Gasteiger partial charge in [-0.25, -0.2) is 9.59 Å². The van der Waals surface area contributed by atoms with Crippen molar-refractivity contribution in [3.05, 3.63) is 64.4 Å². The first-order chi connectivity index (χ1) is 11.1. The summed E-state index contributed by atoms with van der Waals surface area (Å²) in [6.45, 7) is 0.593. The second kappa shape index (κ2) is 8.14. The summed E-state index contributed by atoms with van der Waals surface area (Å²) >= 11 is 5.80. The molecule has 23 heavy (non-hydrogen) atoms. The van der Waals surface area contributed by atoms with Crippen LogP contribution in [0, 0.1) is 0 Å². The van der Waals surface area contributed by atoms with Crippen LogP contribution < -0.4 is 10.6 Å². The first kappa shape index (κ1) is 16.8. The summed E-state index contributed by atoms with van der Waals surface area (Å²) in [5.41, 5.74) is 1.89. The quantitative estimate of drug-likeness (QED) is 0.824. The number of urea groups is 1. The van der Waals surface area contributed by atoms with E-state index in [1.807, 2.05) is 12.1 Å². The molecular formula is C16H16ClN3O3. The smallest absolute Gasteiger partial charge is 0.337 e. The molecule has 0 fully saturated rings. The molecule has 6 nitrogen and oxygen atoms in total. The van der Waals surface area contributed by atoms with E-state index in [0.717, 1.165) is 5.56 Å². The molecule has 0 unspecified atom stereocenters. The zero-order valence-electron chi connectivity index (χ0n) is 12.5. The maximum absolute atomic E-state index is 11.8. The molecule has 120 valence electrons. The number of hydrogen-bond donors (Lipinski definition) is 2. The molecule has 0 saturated heterocycles. The van der Waals surface area contributed by atoms with Crippen molar-refractivity contribution < 1.29 is 14.3 Å². The molecule has 0 spiro atoms. The maximum atomic E-state index is 11.8. The van der Waals surface area contributed by atoms with E-state index in [0.29, 0.717) is 22.8 Å². The first-order valence-electron chi connectivity index (χ1n) is 6.88. The van der Waals surface area contributed by atoms with Crippen LogP contribution in [0.25, 0.3) is 0 Å². The molecule has 0 aliphatic heterocycles. The summed E-state index contributed by atoms with van der Waals surface area (Å²) in [7, 11) is 1.31. The molecule has 2 aromatic rings. The number of ether oxygens (including phenoxy) is 1. The Morgan fingerprint density at radius 2 is 1.83 bits per heavy atom. The van der Waals surface area contributed by atoms with Crippen LogP contribution in [0.3, 0.4) is 0 Å². The summed E-state index contributed by atoms with van der Waals surface area (Å²) in [4.78, 5) is 27.3. The van der Waals surface area contributed by atoms with Gasteiger partial charge < -0.3 is 15.4 Å². The van der Waals surface area contributed by atoms with Crippen molar-refractivity contribution in [1.29, 1.82) is 0 Å². The summed E-state index contributed by atoms with van der Waals surface area (Å²) < 4.78 is 4.64. The highest BCUT2D eigenvalue weighted by atomic mass is 35.5. The van der Waals surface area contributed by atoms with Crippen molar-refractivity contribution in [2.75, 3.05) is 7.11 Å². The van der Waals surface area contributed by atoms with Crippen LogP contribution in [0.5, 0.6) is 0 Å². The van der Waals surface area contributed by atoms with E-state index in [-0.39, 0.29) is 12.6 Å². The van der Waals surface area contributed by atoms with Crippen LogP contribution in [-0.4, -0.2) is 24.1 Å². The number of esters is 1. The molecule has 0 bridgehead atoms. The lowest BCUT2D eigenvalue weighted by Gasteiger charge is -2.08. The molecule has 2 N–H and O–H groups in total. The molecule has 7 heteroatoms. The zero-order chi connectivity index (χ0) is 16.7. The van der Waals surface area contributed by atoms with Crippen LogP contribution in [0.4, 0.5) is 4.79 Å². The number of methoxy groups -OCH3 is 1. The highest BCUT2D eigenvalue weighted by molar-refractivity contribution is 6.30. The third-order valence-electron chi connectivity index (χ3n) is 3.03. The van der Waals surface area contributed by atoms with E-state index in [9.17, 15) is 9.59 Å². The van der Waals surface area contributed by atoms with Gasteiger partial charge in [0.25, 0.3) is 0 Å². The molecule has 1 heterocycles. The molecule has 0 aliphatic carbocycles. The van der Waals surface area contributed by atoms with E-state index >= 15 is 0 Å². The number of nitrogens with zero attached hydrogens (tertiary/aromatic N) is 1. The second-order valence-electron chi connectivity index (χ2n) is 4.69. The van der Waals surface area contributed by atoms with Gasteiger partial charge in [-0.05, 0) is 29.8 Å². The van der Waals surface area contributed by atoms with Gasteiger partial charge in [0.05, 0.1) is 24.9 Å². The highest BCUT2D eigenvalue weighted by Crippen LogP contribution is 2.09. The van der Waals surface area contributed by atoms with Crippen molar-refractivity contribution in [3.63, 3.8) is 0 Å². The van der Waals surface area contributed by atoms with Crippen LogP contribution in [-0.2, 0) is 17.8 Å². The Morgan fingerprint density at radius 3 is 2.52 bits per heavy atom. The van der Waals surface area contributed by atoms with Gasteiger partial charge in [-0.2, -0.15) is 0 Å². The molecular weight excluding hydrogens is 318 g/mol. The molecule has 1 aromatic heterocycles. The van der Waals surface area contributed by atoms with E-state index < -0.39 is 5.97 Å². The predicted octanol–water partition coefficient (Wildman–Crippen LogP) is 2.52. The number of carbonyl (C=O) groups is 2. The van der Waals surface area contributed by atoms with Crippen molar-refractivity contribution >= 4 is 23.6 Å². The number of aromatic nitrogens is 1. The van der Waals surface area contributed by atoms with Crippen LogP contribution in [0.2, 0.25) is 5.02 Å². The Labute approximate surface area is 138 Å². The second-order valence-corrected chi connectivity index (χ2v) is 5.13. The number of hydrogen-bond acceptors (Lipinski definition) is 4. The van der Waals surface area contributed by atoms with Crippen LogP contribution in [0.1, 0.15) is 21.6 Å². The highest BCUT2D eigenvalue weighted by Gasteiger charge is 2.07. The third-order valence-corrected chi connectivity index (χ3v) is 3.29. The summed E-state index contributed by atoms with van der Waals surface area (Å²) in [6.07, 6.45) is 1.49. The lowest BCUT2D eigenvalue weighted by molar-refractivity contribution is 0.0600. The normalized spacial score (nSPS) is 10.0. The fraction of sp³-hybridized carbons (Fsp3) is 0.188. The van der Waals surface area contributed by atoms with Crippen LogP contribution >= 0.6 is 11.6 Å². The first-order valence-corrected chi connectivity index (χ1v) is 7.25. The van der Waals surface area contributed by atoms with E-state index in [1.54, 1.807) is 24.3 Å². The van der Waals surface area contributed by atoms with Gasteiger partial charge in [0.15, 0.2) is 0 Å². The molecule has 0 radical (unpaired) electrons. The Balaban J connectivity index is 1.82. The third kappa shape index (κ3) is 5.27. The standard InChI is InChI=1S/C16H16ClN3O3/c1-23-15(21)12-6-7-18-14(8-12)10-20-16(22)19-9-11-2-4-13(17)5-3-11/h2-8H,9-10H2,1H3,(H2,19,20,22). The molecule has 2 rings (SSSR count). The average Bonchev–Trinajstić information content (AvgIpc) is 2.59. The van der Waals surface area contributed by atoms with Gasteiger partial charge in [0.2, 0.25) is 0 Å².